The summed E-state index contributed by atoms with van der Waals surface area (Å²) in [6, 6.07) is 11.6. The molecule has 0 aliphatic carbocycles. The van der Waals surface area contributed by atoms with Gasteiger partial charge < -0.3 is 5.32 Å². The lowest BCUT2D eigenvalue weighted by molar-refractivity contribution is 0.0951. The molecule has 0 fully saturated rings. The molecule has 0 saturated carbocycles. The number of amides is 1. The third-order valence-electron chi connectivity index (χ3n) is 3.05. The Kier molecular flexibility index (Phi) is 5.92. The van der Waals surface area contributed by atoms with Crippen LogP contribution in [0.2, 0.25) is 0 Å². The maximum atomic E-state index is 12.2. The molecule has 0 atom stereocenters. The van der Waals surface area contributed by atoms with Crippen LogP contribution >= 0.6 is 11.8 Å². The van der Waals surface area contributed by atoms with Crippen molar-refractivity contribution in [1.82, 2.24) is 5.32 Å². The van der Waals surface area contributed by atoms with Crippen LogP contribution in [0.1, 0.15) is 15.9 Å². The molecule has 0 aliphatic rings. The zero-order valence-corrected chi connectivity index (χ0v) is 13.9. The van der Waals surface area contributed by atoms with Crippen LogP contribution in [0.5, 0.6) is 0 Å². The fourth-order valence-electron chi connectivity index (χ4n) is 1.87. The van der Waals surface area contributed by atoms with Crippen molar-refractivity contribution >= 4 is 27.7 Å². The highest BCUT2D eigenvalue weighted by atomic mass is 32.2. The van der Waals surface area contributed by atoms with E-state index < -0.39 is 15.8 Å². The fourth-order valence-corrected chi connectivity index (χ4v) is 2.88. The number of benzene rings is 2. The molecule has 2 aromatic carbocycles. The van der Waals surface area contributed by atoms with Crippen LogP contribution in [0.4, 0.5) is 8.78 Å². The molecule has 5 nitrogen and oxygen atoms in total. The lowest BCUT2D eigenvalue weighted by Crippen LogP contribution is -2.22. The smallest absolute Gasteiger partial charge is 0.288 e. The fraction of sp³-hybridized carbons (Fsp3) is 0.133. The summed E-state index contributed by atoms with van der Waals surface area (Å²) in [6.07, 6.45) is 0. The van der Waals surface area contributed by atoms with Gasteiger partial charge in [0.25, 0.3) is 11.7 Å². The molecule has 2 rings (SSSR count). The lowest BCUT2D eigenvalue weighted by atomic mass is 10.2. The van der Waals surface area contributed by atoms with Gasteiger partial charge in [0, 0.05) is 17.0 Å². The van der Waals surface area contributed by atoms with Gasteiger partial charge in [0.15, 0.2) is 0 Å². The summed E-state index contributed by atoms with van der Waals surface area (Å²) in [6.45, 7) is 0.192. The maximum Gasteiger partial charge on any atom is 0.288 e. The number of sulfonamides is 1. The van der Waals surface area contributed by atoms with Gasteiger partial charge in [-0.2, -0.15) is 8.78 Å². The van der Waals surface area contributed by atoms with E-state index in [1.54, 1.807) is 12.1 Å². The van der Waals surface area contributed by atoms with Gasteiger partial charge in [0.2, 0.25) is 10.0 Å². The summed E-state index contributed by atoms with van der Waals surface area (Å²) in [5.41, 5.74) is 1.04. The number of halogens is 2. The highest BCUT2D eigenvalue weighted by molar-refractivity contribution is 7.99. The van der Waals surface area contributed by atoms with Gasteiger partial charge in [-0.1, -0.05) is 23.9 Å². The minimum Gasteiger partial charge on any atom is -0.348 e. The molecule has 128 valence electrons. The molecule has 1 amide bonds. The van der Waals surface area contributed by atoms with Crippen molar-refractivity contribution in [1.29, 1.82) is 0 Å². The zero-order valence-electron chi connectivity index (χ0n) is 12.3. The first kappa shape index (κ1) is 18.4. The number of alkyl halides is 2. The molecule has 0 heterocycles. The molecule has 9 heteroatoms. The number of primary sulfonamides is 1. The quantitative estimate of drug-likeness (QED) is 0.763. The summed E-state index contributed by atoms with van der Waals surface area (Å²) in [7, 11) is -3.75. The Morgan fingerprint density at radius 3 is 2.17 bits per heavy atom. The second-order valence-corrected chi connectivity index (χ2v) is 7.40. The van der Waals surface area contributed by atoms with Crippen LogP contribution in [-0.2, 0) is 16.6 Å². The first-order valence-electron chi connectivity index (χ1n) is 6.70. The molecule has 0 aromatic heterocycles. The third-order valence-corrected chi connectivity index (χ3v) is 4.70. The van der Waals surface area contributed by atoms with Gasteiger partial charge in [0.05, 0.1) is 4.90 Å². The maximum absolute atomic E-state index is 12.2. The van der Waals surface area contributed by atoms with E-state index in [9.17, 15) is 22.0 Å². The van der Waals surface area contributed by atoms with Crippen LogP contribution in [0.15, 0.2) is 58.3 Å². The molecule has 0 bridgehead atoms. The highest BCUT2D eigenvalue weighted by Crippen LogP contribution is 2.25. The number of thioether (sulfide) groups is 1. The van der Waals surface area contributed by atoms with Crippen molar-refractivity contribution in [3.8, 4) is 0 Å². The van der Waals surface area contributed by atoms with E-state index in [1.807, 2.05) is 0 Å². The average Bonchev–Trinajstić information content (AvgIpc) is 2.52. The minimum atomic E-state index is -3.75. The molecule has 24 heavy (non-hydrogen) atoms. The van der Waals surface area contributed by atoms with E-state index in [4.69, 9.17) is 5.14 Å². The summed E-state index contributed by atoms with van der Waals surface area (Å²) in [4.78, 5) is 12.4. The van der Waals surface area contributed by atoms with Crippen LogP contribution in [-0.4, -0.2) is 20.1 Å². The SMILES string of the molecule is NS(=O)(=O)c1ccc(CNC(=O)c2ccc(SC(F)F)cc2)cc1. The van der Waals surface area contributed by atoms with Gasteiger partial charge >= 0.3 is 0 Å². The summed E-state index contributed by atoms with van der Waals surface area (Å²) >= 11 is 0.408. The van der Waals surface area contributed by atoms with Gasteiger partial charge in [-0.3, -0.25) is 4.79 Å². The summed E-state index contributed by atoms with van der Waals surface area (Å²) in [5.74, 6) is -2.87. The Hall–Kier alpha value is -1.97. The summed E-state index contributed by atoms with van der Waals surface area (Å²) < 4.78 is 46.8. The van der Waals surface area contributed by atoms with E-state index in [1.165, 1.54) is 36.4 Å². The Labute approximate surface area is 142 Å². The van der Waals surface area contributed by atoms with Crippen molar-refractivity contribution in [3.05, 3.63) is 59.7 Å². The monoisotopic (exact) mass is 372 g/mol. The number of hydrogen-bond donors (Lipinski definition) is 2. The van der Waals surface area contributed by atoms with Gasteiger partial charge in [-0.05, 0) is 42.0 Å². The number of carbonyl (C=O) groups is 1. The van der Waals surface area contributed by atoms with Crippen molar-refractivity contribution < 1.29 is 22.0 Å². The minimum absolute atomic E-state index is 0.00954. The largest absolute Gasteiger partial charge is 0.348 e. The van der Waals surface area contributed by atoms with Gasteiger partial charge in [0.1, 0.15) is 0 Å². The Balaban J connectivity index is 1.95. The second kappa shape index (κ2) is 7.73. The number of rotatable bonds is 6. The van der Waals surface area contributed by atoms with E-state index in [0.29, 0.717) is 27.8 Å². The van der Waals surface area contributed by atoms with Crippen molar-refractivity contribution in [2.75, 3.05) is 0 Å². The number of carbonyl (C=O) groups excluding carboxylic acids is 1. The lowest BCUT2D eigenvalue weighted by Gasteiger charge is -2.07. The van der Waals surface area contributed by atoms with Crippen LogP contribution in [0.3, 0.4) is 0 Å². The third kappa shape index (κ3) is 5.29. The number of nitrogens with two attached hydrogens (primary N) is 1. The van der Waals surface area contributed by atoms with E-state index in [2.05, 4.69) is 5.32 Å². The molecule has 0 aliphatic heterocycles. The van der Waals surface area contributed by atoms with E-state index in [0.717, 1.165) is 0 Å². The highest BCUT2D eigenvalue weighted by Gasteiger charge is 2.09. The molecule has 3 N–H and O–H groups in total. The van der Waals surface area contributed by atoms with Crippen LogP contribution in [0.25, 0.3) is 0 Å². The van der Waals surface area contributed by atoms with E-state index in [-0.39, 0.29) is 17.3 Å². The molecular weight excluding hydrogens is 358 g/mol. The molecule has 0 unspecified atom stereocenters. The Morgan fingerprint density at radius 2 is 1.67 bits per heavy atom. The van der Waals surface area contributed by atoms with Crippen molar-refractivity contribution in [2.24, 2.45) is 5.14 Å². The zero-order chi connectivity index (χ0) is 17.7. The Bertz CT molecular complexity index is 808. The normalized spacial score (nSPS) is 11.5. The van der Waals surface area contributed by atoms with Crippen LogP contribution < -0.4 is 10.5 Å². The van der Waals surface area contributed by atoms with Crippen molar-refractivity contribution in [3.63, 3.8) is 0 Å². The number of nitrogens with one attached hydrogen (secondary N) is 1. The summed E-state index contributed by atoms with van der Waals surface area (Å²) in [5, 5.41) is 7.66. The molecule has 0 saturated heterocycles. The molecule has 0 spiro atoms. The first-order valence-corrected chi connectivity index (χ1v) is 9.13. The average molecular weight is 372 g/mol. The molecular formula is C15H14F2N2O3S2. The topological polar surface area (TPSA) is 89.3 Å². The molecule has 2 aromatic rings. The number of hydrogen-bond acceptors (Lipinski definition) is 4. The standard InChI is InChI=1S/C15H14F2N2O3S2/c16-15(17)23-12-5-3-11(4-6-12)14(20)19-9-10-1-7-13(8-2-10)24(18,21)22/h1-8,15H,9H2,(H,19,20)(H2,18,21,22). The Morgan fingerprint density at radius 1 is 1.08 bits per heavy atom. The first-order chi connectivity index (χ1) is 11.3. The van der Waals surface area contributed by atoms with Gasteiger partial charge in [-0.25, -0.2) is 13.6 Å². The van der Waals surface area contributed by atoms with Crippen molar-refractivity contribution in [2.45, 2.75) is 22.1 Å². The van der Waals surface area contributed by atoms with E-state index >= 15 is 0 Å². The second-order valence-electron chi connectivity index (χ2n) is 4.77. The van der Waals surface area contributed by atoms with Gasteiger partial charge in [-0.15, -0.1) is 0 Å². The predicted octanol–water partition coefficient (Wildman–Crippen LogP) is 2.58. The predicted molar refractivity (Wildman–Crippen MR) is 87.3 cm³/mol. The van der Waals surface area contributed by atoms with Crippen LogP contribution in [0, 0.1) is 0 Å². The molecule has 0 radical (unpaired) electrons.